The molecule has 0 radical (unpaired) electrons. The highest BCUT2D eigenvalue weighted by Crippen LogP contribution is 2.30. The lowest BCUT2D eigenvalue weighted by molar-refractivity contribution is -0.137. The van der Waals surface area contributed by atoms with Crippen molar-refractivity contribution < 1.29 is 26.6 Å². The number of aromatic amines is 1. The third-order valence-electron chi connectivity index (χ3n) is 4.75. The fraction of sp³-hybridized carbons (Fsp3) is 0.0909. The molecular weight excluding hydrogens is 446 g/mol. The summed E-state index contributed by atoms with van der Waals surface area (Å²) in [6.07, 6.45) is -1.45. The van der Waals surface area contributed by atoms with Crippen molar-refractivity contribution >= 4 is 33.5 Å². The Balaban J connectivity index is 1.61. The van der Waals surface area contributed by atoms with Crippen molar-refractivity contribution in [1.29, 1.82) is 0 Å². The van der Waals surface area contributed by atoms with Gasteiger partial charge in [0.1, 0.15) is 16.6 Å². The lowest BCUT2D eigenvalue weighted by atomic mass is 10.0. The molecule has 0 amide bonds. The lowest BCUT2D eigenvalue weighted by Crippen LogP contribution is -2.11. The Hall–Kier alpha value is -3.53. The number of hydrogen-bond donors (Lipinski definition) is 2. The number of H-pyrrole nitrogens is 1. The number of ketones is 1. The topological polar surface area (TPSA) is 74.8 Å². The predicted octanol–water partition coefficient (Wildman–Crippen LogP) is 5.39. The number of nitrogens with zero attached hydrogens (tertiary/aromatic N) is 1. The molecule has 0 aliphatic heterocycles. The Bertz CT molecular complexity index is 1350. The maximum absolute atomic E-state index is 15.1. The Morgan fingerprint density at radius 1 is 1.09 bits per heavy atom. The fourth-order valence-electron chi connectivity index (χ4n) is 3.15. The SMILES string of the molecule is Cc1cnc2[nH]cc(C(=O)c3cccc(NS(=O)c4ccc(C(F)(F)F)cc4)c3F)c2c1. The minimum Gasteiger partial charge on any atom is -0.345 e. The van der Waals surface area contributed by atoms with Crippen LogP contribution < -0.4 is 4.72 Å². The van der Waals surface area contributed by atoms with Gasteiger partial charge in [0.05, 0.1) is 21.7 Å². The number of aromatic nitrogens is 2. The van der Waals surface area contributed by atoms with Crippen LogP contribution in [0.2, 0.25) is 0 Å². The lowest BCUT2D eigenvalue weighted by Gasteiger charge is -2.11. The predicted molar refractivity (Wildman–Crippen MR) is 112 cm³/mol. The molecule has 1 unspecified atom stereocenters. The molecule has 4 rings (SSSR count). The van der Waals surface area contributed by atoms with E-state index >= 15 is 4.39 Å². The monoisotopic (exact) mass is 461 g/mol. The third kappa shape index (κ3) is 4.13. The number of rotatable bonds is 5. The second kappa shape index (κ2) is 8.19. The van der Waals surface area contributed by atoms with Gasteiger partial charge in [-0.05, 0) is 55.0 Å². The van der Waals surface area contributed by atoms with E-state index in [1.54, 1.807) is 12.3 Å². The summed E-state index contributed by atoms with van der Waals surface area (Å²) in [6, 6.07) is 9.42. The highest BCUT2D eigenvalue weighted by atomic mass is 32.2. The van der Waals surface area contributed by atoms with E-state index < -0.39 is 34.3 Å². The Morgan fingerprint density at radius 3 is 2.50 bits per heavy atom. The first-order chi connectivity index (χ1) is 15.1. The normalized spacial score (nSPS) is 12.7. The molecule has 0 fully saturated rings. The van der Waals surface area contributed by atoms with E-state index in [9.17, 15) is 22.2 Å². The van der Waals surface area contributed by atoms with Crippen molar-refractivity contribution in [3.8, 4) is 0 Å². The third-order valence-corrected chi connectivity index (χ3v) is 5.86. The average molecular weight is 461 g/mol. The zero-order valence-electron chi connectivity index (χ0n) is 16.5. The molecule has 5 nitrogen and oxygen atoms in total. The summed E-state index contributed by atoms with van der Waals surface area (Å²) in [5, 5.41) is 0.543. The van der Waals surface area contributed by atoms with Crippen LogP contribution in [0, 0.1) is 12.7 Å². The van der Waals surface area contributed by atoms with Gasteiger partial charge in [0.2, 0.25) is 0 Å². The van der Waals surface area contributed by atoms with E-state index in [0.717, 1.165) is 29.8 Å². The molecule has 4 aromatic rings. The standard InChI is InChI=1S/C22H15F4N3O2S/c1-12-9-16-17(11-28-21(16)27-10-12)20(30)15-3-2-4-18(19(15)23)29-32(31)14-7-5-13(6-8-14)22(24,25)26/h2-11,29H,1H3,(H,27,28). The summed E-state index contributed by atoms with van der Waals surface area (Å²) in [6.45, 7) is 1.81. The van der Waals surface area contributed by atoms with Crippen LogP contribution in [0.5, 0.6) is 0 Å². The van der Waals surface area contributed by atoms with E-state index in [-0.39, 0.29) is 21.7 Å². The molecule has 0 saturated heterocycles. The van der Waals surface area contributed by atoms with Gasteiger partial charge in [0.15, 0.2) is 11.6 Å². The van der Waals surface area contributed by atoms with Crippen molar-refractivity contribution in [2.45, 2.75) is 18.0 Å². The van der Waals surface area contributed by atoms with E-state index in [1.807, 2.05) is 6.92 Å². The molecule has 0 spiro atoms. The number of hydrogen-bond acceptors (Lipinski definition) is 3. The summed E-state index contributed by atoms with van der Waals surface area (Å²) in [5.74, 6) is -1.52. The first-order valence-electron chi connectivity index (χ1n) is 9.28. The minimum atomic E-state index is -4.52. The molecule has 10 heteroatoms. The molecule has 2 N–H and O–H groups in total. The van der Waals surface area contributed by atoms with E-state index in [2.05, 4.69) is 14.7 Å². The number of nitrogens with one attached hydrogen (secondary N) is 2. The Morgan fingerprint density at radius 2 is 1.81 bits per heavy atom. The summed E-state index contributed by atoms with van der Waals surface area (Å²) in [5.41, 5.74) is 0.188. The van der Waals surface area contributed by atoms with Gasteiger partial charge in [-0.25, -0.2) is 13.6 Å². The second-order valence-corrected chi connectivity index (χ2v) is 8.21. The average Bonchev–Trinajstić information content (AvgIpc) is 3.17. The number of carbonyl (C=O) groups excluding carboxylic acids is 1. The molecule has 0 saturated carbocycles. The van der Waals surface area contributed by atoms with Crippen molar-refractivity contribution in [3.05, 3.63) is 89.0 Å². The smallest absolute Gasteiger partial charge is 0.345 e. The number of fused-ring (bicyclic) bond motifs is 1. The first kappa shape index (κ1) is 21.7. The van der Waals surface area contributed by atoms with Crippen LogP contribution in [-0.4, -0.2) is 20.0 Å². The molecule has 0 aliphatic rings. The van der Waals surface area contributed by atoms with Crippen LogP contribution in [0.1, 0.15) is 27.0 Å². The second-order valence-electron chi connectivity index (χ2n) is 7.00. The van der Waals surface area contributed by atoms with Crippen LogP contribution in [0.25, 0.3) is 11.0 Å². The van der Waals surface area contributed by atoms with Crippen molar-refractivity contribution in [2.24, 2.45) is 0 Å². The summed E-state index contributed by atoms with van der Waals surface area (Å²) >= 11 is 0. The quantitative estimate of drug-likeness (QED) is 0.309. The van der Waals surface area contributed by atoms with Crippen molar-refractivity contribution in [1.82, 2.24) is 9.97 Å². The molecular formula is C22H15F4N3O2S. The molecule has 0 bridgehead atoms. The largest absolute Gasteiger partial charge is 0.416 e. The number of pyridine rings is 1. The maximum atomic E-state index is 15.1. The number of carbonyl (C=O) groups is 1. The Kier molecular flexibility index (Phi) is 5.55. The summed E-state index contributed by atoms with van der Waals surface area (Å²) < 4.78 is 68.1. The molecule has 0 aliphatic carbocycles. The highest BCUT2D eigenvalue weighted by molar-refractivity contribution is 7.86. The fourth-order valence-corrected chi connectivity index (χ4v) is 4.01. The van der Waals surface area contributed by atoms with Gasteiger partial charge in [-0.1, -0.05) is 6.07 Å². The number of anilines is 1. The van der Waals surface area contributed by atoms with Crippen LogP contribution >= 0.6 is 0 Å². The molecule has 2 aromatic heterocycles. The van der Waals surface area contributed by atoms with Gasteiger partial charge in [0.25, 0.3) is 0 Å². The minimum absolute atomic E-state index is 0.0207. The van der Waals surface area contributed by atoms with Crippen LogP contribution in [0.4, 0.5) is 23.2 Å². The van der Waals surface area contributed by atoms with Gasteiger partial charge in [0, 0.05) is 23.3 Å². The summed E-state index contributed by atoms with van der Waals surface area (Å²) in [7, 11) is -2.05. The van der Waals surface area contributed by atoms with Gasteiger partial charge in [-0.3, -0.25) is 9.52 Å². The van der Waals surface area contributed by atoms with Gasteiger partial charge < -0.3 is 4.98 Å². The van der Waals surface area contributed by atoms with Crippen LogP contribution in [-0.2, 0) is 17.2 Å². The number of alkyl halides is 3. The molecule has 164 valence electrons. The summed E-state index contributed by atoms with van der Waals surface area (Å²) in [4.78, 5) is 20.1. The van der Waals surface area contributed by atoms with Gasteiger partial charge in [-0.2, -0.15) is 13.2 Å². The zero-order chi connectivity index (χ0) is 23.0. The van der Waals surface area contributed by atoms with Crippen molar-refractivity contribution in [2.75, 3.05) is 4.72 Å². The van der Waals surface area contributed by atoms with Crippen LogP contribution in [0.3, 0.4) is 0 Å². The zero-order valence-corrected chi connectivity index (χ0v) is 17.3. The van der Waals surface area contributed by atoms with Gasteiger partial charge >= 0.3 is 6.18 Å². The van der Waals surface area contributed by atoms with Crippen LogP contribution in [0.15, 0.2) is 65.8 Å². The van der Waals surface area contributed by atoms with E-state index in [1.165, 1.54) is 24.4 Å². The number of halogens is 4. The molecule has 2 heterocycles. The first-order valence-corrected chi connectivity index (χ1v) is 10.4. The number of aryl methyl sites for hydroxylation is 1. The van der Waals surface area contributed by atoms with E-state index in [0.29, 0.717) is 11.0 Å². The van der Waals surface area contributed by atoms with Gasteiger partial charge in [-0.15, -0.1) is 0 Å². The number of benzene rings is 2. The highest BCUT2D eigenvalue weighted by Gasteiger charge is 2.30. The molecule has 2 aromatic carbocycles. The van der Waals surface area contributed by atoms with Crippen molar-refractivity contribution in [3.63, 3.8) is 0 Å². The molecule has 1 atom stereocenters. The van der Waals surface area contributed by atoms with E-state index in [4.69, 9.17) is 0 Å². The Labute approximate surface area is 182 Å². The maximum Gasteiger partial charge on any atom is 0.416 e. The molecule has 32 heavy (non-hydrogen) atoms.